The van der Waals surface area contributed by atoms with Gasteiger partial charge in [-0.2, -0.15) is 0 Å². The number of nitrogens with one attached hydrogen (secondary N) is 1. The minimum absolute atomic E-state index is 0.00222. The van der Waals surface area contributed by atoms with Gasteiger partial charge in [0, 0.05) is 18.8 Å². The van der Waals surface area contributed by atoms with Gasteiger partial charge in [0.15, 0.2) is 6.61 Å². The molecule has 0 radical (unpaired) electrons. The lowest BCUT2D eigenvalue weighted by Gasteiger charge is -2.32. The SMILES string of the molecule is Cc1cc(C)c(OCC(=O)N2CCC[C@H](C(=O)Nc3ccccc3)C2)c(C)c1. The van der Waals surface area contributed by atoms with Crippen LogP contribution in [0.2, 0.25) is 0 Å². The number of likely N-dealkylation sites (tertiary alicyclic amines) is 1. The average molecular weight is 380 g/mol. The second kappa shape index (κ2) is 8.91. The van der Waals surface area contributed by atoms with E-state index in [4.69, 9.17) is 4.74 Å². The van der Waals surface area contributed by atoms with E-state index in [-0.39, 0.29) is 24.3 Å². The minimum atomic E-state index is -0.194. The van der Waals surface area contributed by atoms with E-state index < -0.39 is 0 Å². The number of rotatable bonds is 5. The van der Waals surface area contributed by atoms with Gasteiger partial charge in [-0.1, -0.05) is 35.9 Å². The second-order valence-corrected chi connectivity index (χ2v) is 7.55. The molecule has 1 atom stereocenters. The summed E-state index contributed by atoms with van der Waals surface area (Å²) < 4.78 is 5.84. The third kappa shape index (κ3) is 4.91. The number of piperidine rings is 1. The maximum absolute atomic E-state index is 12.7. The first-order valence-electron chi connectivity index (χ1n) is 9.78. The van der Waals surface area contributed by atoms with Gasteiger partial charge >= 0.3 is 0 Å². The van der Waals surface area contributed by atoms with Crippen molar-refractivity contribution in [3.05, 3.63) is 59.2 Å². The molecule has 0 aromatic heterocycles. The van der Waals surface area contributed by atoms with Crippen LogP contribution in [0.3, 0.4) is 0 Å². The molecule has 28 heavy (non-hydrogen) atoms. The molecule has 1 aliphatic rings. The van der Waals surface area contributed by atoms with Gasteiger partial charge in [-0.15, -0.1) is 0 Å². The van der Waals surface area contributed by atoms with E-state index in [1.54, 1.807) is 4.90 Å². The van der Waals surface area contributed by atoms with Crippen molar-refractivity contribution in [2.24, 2.45) is 5.92 Å². The highest BCUT2D eigenvalue weighted by atomic mass is 16.5. The Labute approximate surface area is 166 Å². The summed E-state index contributed by atoms with van der Waals surface area (Å²) >= 11 is 0. The summed E-state index contributed by atoms with van der Waals surface area (Å²) in [6, 6.07) is 13.5. The van der Waals surface area contributed by atoms with Gasteiger partial charge in [0.05, 0.1) is 5.92 Å². The Morgan fingerprint density at radius 3 is 2.46 bits per heavy atom. The van der Waals surface area contributed by atoms with Crippen LogP contribution in [0.1, 0.15) is 29.5 Å². The first-order chi connectivity index (χ1) is 13.4. The number of hydrogen-bond acceptors (Lipinski definition) is 3. The topological polar surface area (TPSA) is 58.6 Å². The smallest absolute Gasteiger partial charge is 0.260 e. The van der Waals surface area contributed by atoms with Crippen molar-refractivity contribution in [3.8, 4) is 5.75 Å². The highest BCUT2D eigenvalue weighted by Crippen LogP contribution is 2.25. The highest BCUT2D eigenvalue weighted by Gasteiger charge is 2.28. The molecule has 2 aromatic rings. The zero-order chi connectivity index (χ0) is 20.1. The maximum atomic E-state index is 12.7. The number of para-hydroxylation sites is 1. The molecule has 1 aliphatic heterocycles. The van der Waals surface area contributed by atoms with Crippen molar-refractivity contribution in [2.75, 3.05) is 25.0 Å². The molecular formula is C23H28N2O3. The lowest BCUT2D eigenvalue weighted by molar-refractivity contribution is -0.136. The first-order valence-corrected chi connectivity index (χ1v) is 9.78. The summed E-state index contributed by atoms with van der Waals surface area (Å²) in [5, 5.41) is 2.94. The fraction of sp³-hybridized carbons (Fsp3) is 0.391. The van der Waals surface area contributed by atoms with Gasteiger partial charge in [0.1, 0.15) is 5.75 Å². The largest absolute Gasteiger partial charge is 0.483 e. The summed E-state index contributed by atoms with van der Waals surface area (Å²) in [5.74, 6) is 0.474. The van der Waals surface area contributed by atoms with Gasteiger partial charge in [-0.25, -0.2) is 0 Å². The fourth-order valence-corrected chi connectivity index (χ4v) is 3.80. The van der Waals surface area contributed by atoms with Crippen LogP contribution in [-0.4, -0.2) is 36.4 Å². The summed E-state index contributed by atoms with van der Waals surface area (Å²) in [6.45, 7) is 7.13. The molecule has 3 rings (SSSR count). The zero-order valence-electron chi connectivity index (χ0n) is 16.8. The number of carbonyl (C=O) groups is 2. The lowest BCUT2D eigenvalue weighted by Crippen LogP contribution is -2.45. The van der Waals surface area contributed by atoms with Crippen LogP contribution in [0.25, 0.3) is 0 Å². The maximum Gasteiger partial charge on any atom is 0.260 e. The number of amides is 2. The normalized spacial score (nSPS) is 16.5. The van der Waals surface area contributed by atoms with Gasteiger partial charge in [-0.3, -0.25) is 9.59 Å². The minimum Gasteiger partial charge on any atom is -0.483 e. The summed E-state index contributed by atoms with van der Waals surface area (Å²) in [6.07, 6.45) is 1.61. The van der Waals surface area contributed by atoms with Gasteiger partial charge < -0.3 is 15.0 Å². The number of carbonyl (C=O) groups excluding carboxylic acids is 2. The molecule has 0 aliphatic carbocycles. The van der Waals surface area contributed by atoms with Crippen molar-refractivity contribution in [1.82, 2.24) is 4.90 Å². The molecule has 1 heterocycles. The molecule has 0 unspecified atom stereocenters. The number of benzene rings is 2. The molecule has 2 aromatic carbocycles. The highest BCUT2D eigenvalue weighted by molar-refractivity contribution is 5.93. The second-order valence-electron chi connectivity index (χ2n) is 7.55. The van der Waals surface area contributed by atoms with Crippen LogP contribution < -0.4 is 10.1 Å². The summed E-state index contributed by atoms with van der Waals surface area (Å²) in [4.78, 5) is 27.0. The Morgan fingerprint density at radius 2 is 1.79 bits per heavy atom. The van der Waals surface area contributed by atoms with Crippen LogP contribution in [0.15, 0.2) is 42.5 Å². The predicted molar refractivity (Wildman–Crippen MR) is 111 cm³/mol. The van der Waals surface area contributed by atoms with Crippen LogP contribution in [0.4, 0.5) is 5.69 Å². The molecule has 0 bridgehead atoms. The molecule has 148 valence electrons. The standard InChI is InChI=1S/C23H28N2O3/c1-16-12-17(2)22(18(3)13-16)28-15-21(26)25-11-7-8-19(14-25)23(27)24-20-9-5-4-6-10-20/h4-6,9-10,12-13,19H,7-8,11,14-15H2,1-3H3,(H,24,27)/t19-/m0/s1. The molecule has 1 saturated heterocycles. The van der Waals surface area contributed by atoms with E-state index in [2.05, 4.69) is 17.4 Å². The van der Waals surface area contributed by atoms with Crippen molar-refractivity contribution >= 4 is 17.5 Å². The van der Waals surface area contributed by atoms with Crippen molar-refractivity contribution in [2.45, 2.75) is 33.6 Å². The molecule has 0 saturated carbocycles. The number of hydrogen-bond donors (Lipinski definition) is 1. The van der Waals surface area contributed by atoms with Gasteiger partial charge in [0.25, 0.3) is 5.91 Å². The Balaban J connectivity index is 1.56. The van der Waals surface area contributed by atoms with Gasteiger partial charge in [-0.05, 0) is 56.9 Å². The first kappa shape index (κ1) is 19.9. The third-order valence-corrected chi connectivity index (χ3v) is 5.13. The number of aryl methyl sites for hydroxylation is 3. The van der Waals surface area contributed by atoms with Crippen molar-refractivity contribution in [3.63, 3.8) is 0 Å². The van der Waals surface area contributed by atoms with E-state index in [1.807, 2.05) is 51.1 Å². The van der Waals surface area contributed by atoms with Crippen LogP contribution in [-0.2, 0) is 9.59 Å². The Bertz CT molecular complexity index is 825. The Morgan fingerprint density at radius 1 is 1.11 bits per heavy atom. The van der Waals surface area contributed by atoms with Crippen molar-refractivity contribution in [1.29, 1.82) is 0 Å². The van der Waals surface area contributed by atoms with E-state index in [0.29, 0.717) is 13.1 Å². The molecule has 5 nitrogen and oxygen atoms in total. The molecule has 0 spiro atoms. The Kier molecular flexibility index (Phi) is 6.34. The molecule has 2 amide bonds. The van der Waals surface area contributed by atoms with Gasteiger partial charge in [0.2, 0.25) is 5.91 Å². The summed E-state index contributed by atoms with van der Waals surface area (Å²) in [5.41, 5.74) is 4.02. The van der Waals surface area contributed by atoms with Crippen LogP contribution in [0, 0.1) is 26.7 Å². The molecule has 1 fully saturated rings. The number of ether oxygens (including phenoxy) is 1. The third-order valence-electron chi connectivity index (χ3n) is 5.13. The van der Waals surface area contributed by atoms with E-state index in [9.17, 15) is 9.59 Å². The van der Waals surface area contributed by atoms with E-state index >= 15 is 0 Å². The lowest BCUT2D eigenvalue weighted by atomic mass is 9.97. The predicted octanol–water partition coefficient (Wildman–Crippen LogP) is 3.87. The zero-order valence-corrected chi connectivity index (χ0v) is 16.8. The van der Waals surface area contributed by atoms with E-state index in [1.165, 1.54) is 5.56 Å². The number of anilines is 1. The summed E-state index contributed by atoms with van der Waals surface area (Å²) in [7, 11) is 0. The van der Waals surface area contributed by atoms with Crippen LogP contribution in [0.5, 0.6) is 5.75 Å². The van der Waals surface area contributed by atoms with E-state index in [0.717, 1.165) is 35.4 Å². The molecule has 1 N–H and O–H groups in total. The van der Waals surface area contributed by atoms with Crippen molar-refractivity contribution < 1.29 is 14.3 Å². The number of nitrogens with zero attached hydrogens (tertiary/aromatic N) is 1. The van der Waals surface area contributed by atoms with Crippen LogP contribution >= 0.6 is 0 Å². The Hall–Kier alpha value is -2.82. The molecule has 5 heteroatoms. The quantitative estimate of drug-likeness (QED) is 0.857. The fourth-order valence-electron chi connectivity index (χ4n) is 3.80. The average Bonchev–Trinajstić information content (AvgIpc) is 2.68. The molecular weight excluding hydrogens is 352 g/mol. The monoisotopic (exact) mass is 380 g/mol.